The Kier molecular flexibility index (Phi) is 7.44. The van der Waals surface area contributed by atoms with E-state index in [1.165, 1.54) is 0 Å². The lowest BCUT2D eigenvalue weighted by molar-refractivity contribution is 0.145. The standard InChI is InChI=1S/C28H31N5O3/c1-31-15-17-32(18-16-31)14-5-19-35-25-12-13-27-26(20-25)29-21-33(27)23-10-8-22(9-11-23)30-28(34)36-24-6-3-2-4-7-24/h2-4,6-13,20-21H,5,14-19H2,1H3,(H,30,34). The van der Waals surface area contributed by atoms with Crippen molar-refractivity contribution in [2.75, 3.05) is 51.7 Å². The lowest BCUT2D eigenvalue weighted by atomic mass is 10.2. The average Bonchev–Trinajstić information content (AvgIpc) is 3.32. The van der Waals surface area contributed by atoms with Crippen LogP contribution in [0.15, 0.2) is 79.1 Å². The van der Waals surface area contributed by atoms with Crippen molar-refractivity contribution >= 4 is 22.8 Å². The minimum absolute atomic E-state index is 0.495. The predicted octanol–water partition coefficient (Wildman–Crippen LogP) is 4.65. The van der Waals surface area contributed by atoms with Gasteiger partial charge >= 0.3 is 6.09 Å². The van der Waals surface area contributed by atoms with Gasteiger partial charge in [0.05, 0.1) is 17.6 Å². The molecule has 1 fully saturated rings. The predicted molar refractivity (Wildman–Crippen MR) is 141 cm³/mol. The molecular weight excluding hydrogens is 454 g/mol. The number of hydrogen-bond donors (Lipinski definition) is 1. The Morgan fingerprint density at radius 3 is 2.50 bits per heavy atom. The van der Waals surface area contributed by atoms with Crippen LogP contribution in [-0.2, 0) is 0 Å². The number of carbonyl (C=O) groups excluding carboxylic acids is 1. The maximum Gasteiger partial charge on any atom is 0.417 e. The quantitative estimate of drug-likeness (QED) is 0.366. The Balaban J connectivity index is 1.15. The molecule has 1 saturated heterocycles. The van der Waals surface area contributed by atoms with Crippen molar-refractivity contribution in [2.45, 2.75) is 6.42 Å². The summed E-state index contributed by atoms with van der Waals surface area (Å²) in [5.74, 6) is 1.33. The van der Waals surface area contributed by atoms with Crippen molar-refractivity contribution in [2.24, 2.45) is 0 Å². The number of amides is 1. The van der Waals surface area contributed by atoms with Crippen molar-refractivity contribution in [1.29, 1.82) is 0 Å². The van der Waals surface area contributed by atoms with Crippen LogP contribution in [0.5, 0.6) is 11.5 Å². The molecule has 0 saturated carbocycles. The highest BCUT2D eigenvalue weighted by atomic mass is 16.6. The van der Waals surface area contributed by atoms with E-state index in [0.717, 1.165) is 61.6 Å². The van der Waals surface area contributed by atoms with Crippen molar-refractivity contribution in [1.82, 2.24) is 19.4 Å². The molecule has 36 heavy (non-hydrogen) atoms. The third kappa shape index (κ3) is 6.02. The number of likely N-dealkylation sites (N-methyl/N-ethyl adjacent to an activating group) is 1. The van der Waals surface area contributed by atoms with Crippen molar-refractivity contribution in [3.8, 4) is 17.2 Å². The minimum atomic E-state index is -0.530. The van der Waals surface area contributed by atoms with Crippen LogP contribution in [0.25, 0.3) is 16.7 Å². The number of piperazine rings is 1. The molecule has 3 aromatic carbocycles. The molecule has 0 atom stereocenters. The Bertz CT molecular complexity index is 1280. The second-order valence-corrected chi connectivity index (χ2v) is 8.99. The number of aromatic nitrogens is 2. The Morgan fingerprint density at radius 2 is 1.72 bits per heavy atom. The average molecular weight is 486 g/mol. The summed E-state index contributed by atoms with van der Waals surface area (Å²) in [6.07, 6.45) is 2.28. The second-order valence-electron chi connectivity index (χ2n) is 8.99. The molecule has 2 heterocycles. The monoisotopic (exact) mass is 485 g/mol. The number of ether oxygens (including phenoxy) is 2. The molecule has 8 heteroatoms. The fourth-order valence-corrected chi connectivity index (χ4v) is 4.28. The van der Waals surface area contributed by atoms with Crippen LogP contribution in [0, 0.1) is 0 Å². The zero-order valence-electron chi connectivity index (χ0n) is 20.5. The van der Waals surface area contributed by atoms with Crippen LogP contribution in [0.2, 0.25) is 0 Å². The highest BCUT2D eigenvalue weighted by Gasteiger charge is 2.13. The van der Waals surface area contributed by atoms with Gasteiger partial charge in [0.2, 0.25) is 0 Å². The molecule has 0 radical (unpaired) electrons. The maximum atomic E-state index is 12.1. The smallest absolute Gasteiger partial charge is 0.417 e. The van der Waals surface area contributed by atoms with E-state index < -0.39 is 6.09 Å². The third-order valence-electron chi connectivity index (χ3n) is 6.35. The van der Waals surface area contributed by atoms with E-state index >= 15 is 0 Å². The Labute approximate surface area is 211 Å². The molecule has 0 spiro atoms. The van der Waals surface area contributed by atoms with Crippen LogP contribution in [-0.4, -0.2) is 71.8 Å². The third-order valence-corrected chi connectivity index (χ3v) is 6.35. The fraction of sp³-hybridized carbons (Fsp3) is 0.286. The van der Waals surface area contributed by atoms with Crippen LogP contribution in [0.3, 0.4) is 0 Å². The fourth-order valence-electron chi connectivity index (χ4n) is 4.28. The lowest BCUT2D eigenvalue weighted by Crippen LogP contribution is -2.44. The summed E-state index contributed by atoms with van der Waals surface area (Å²) in [5, 5.41) is 2.75. The number of anilines is 1. The molecule has 1 amide bonds. The summed E-state index contributed by atoms with van der Waals surface area (Å²) in [7, 11) is 2.18. The summed E-state index contributed by atoms with van der Waals surface area (Å²) in [6.45, 7) is 6.31. The van der Waals surface area contributed by atoms with Crippen molar-refractivity contribution in [3.05, 3.63) is 79.1 Å². The number of benzene rings is 3. The van der Waals surface area contributed by atoms with E-state index in [0.29, 0.717) is 18.0 Å². The van der Waals surface area contributed by atoms with Gasteiger partial charge in [-0.3, -0.25) is 9.88 Å². The van der Waals surface area contributed by atoms with Gasteiger partial charge in [-0.2, -0.15) is 0 Å². The van der Waals surface area contributed by atoms with Crippen molar-refractivity contribution in [3.63, 3.8) is 0 Å². The zero-order chi connectivity index (χ0) is 24.7. The number of nitrogens with one attached hydrogen (secondary N) is 1. The van der Waals surface area contributed by atoms with Gasteiger partial charge in [0.1, 0.15) is 17.8 Å². The summed E-state index contributed by atoms with van der Waals surface area (Å²) in [6, 6.07) is 22.5. The van der Waals surface area contributed by atoms with Gasteiger partial charge in [0, 0.05) is 50.2 Å². The highest BCUT2D eigenvalue weighted by Crippen LogP contribution is 2.24. The Morgan fingerprint density at radius 1 is 0.944 bits per heavy atom. The summed E-state index contributed by atoms with van der Waals surface area (Å²) < 4.78 is 13.3. The molecule has 0 bridgehead atoms. The largest absolute Gasteiger partial charge is 0.493 e. The second kappa shape index (κ2) is 11.2. The number of rotatable bonds is 8. The number of imidazole rings is 1. The molecule has 8 nitrogen and oxygen atoms in total. The van der Waals surface area contributed by atoms with E-state index in [4.69, 9.17) is 9.47 Å². The van der Waals surface area contributed by atoms with Gasteiger partial charge in [0.15, 0.2) is 0 Å². The molecule has 0 unspecified atom stereocenters. The molecule has 5 rings (SSSR count). The SMILES string of the molecule is CN1CCN(CCCOc2ccc3c(c2)ncn3-c2ccc(NC(=O)Oc3ccccc3)cc2)CC1. The van der Waals surface area contributed by atoms with Crippen molar-refractivity contribution < 1.29 is 14.3 Å². The van der Waals surface area contributed by atoms with Crippen LogP contribution in [0.1, 0.15) is 6.42 Å². The first kappa shape index (κ1) is 23.8. The number of para-hydroxylation sites is 1. The van der Waals surface area contributed by atoms with Gasteiger partial charge in [-0.05, 0) is 62.0 Å². The van der Waals surface area contributed by atoms with E-state index in [1.807, 2.05) is 65.2 Å². The van der Waals surface area contributed by atoms with Crippen LogP contribution in [0.4, 0.5) is 10.5 Å². The van der Waals surface area contributed by atoms with Gasteiger partial charge in [-0.25, -0.2) is 9.78 Å². The molecule has 1 aromatic heterocycles. The Hall–Kier alpha value is -3.88. The van der Waals surface area contributed by atoms with Crippen LogP contribution >= 0.6 is 0 Å². The maximum absolute atomic E-state index is 12.1. The highest BCUT2D eigenvalue weighted by molar-refractivity contribution is 5.86. The van der Waals surface area contributed by atoms with Gasteiger partial charge < -0.3 is 19.3 Å². The van der Waals surface area contributed by atoms with Gasteiger partial charge in [-0.15, -0.1) is 0 Å². The molecule has 1 N–H and O–H groups in total. The minimum Gasteiger partial charge on any atom is -0.493 e. The molecule has 1 aliphatic heterocycles. The topological polar surface area (TPSA) is 71.9 Å². The van der Waals surface area contributed by atoms with Gasteiger partial charge in [0.25, 0.3) is 0 Å². The van der Waals surface area contributed by atoms with E-state index in [1.54, 1.807) is 18.5 Å². The molecular formula is C28H31N5O3. The van der Waals surface area contributed by atoms with E-state index in [9.17, 15) is 4.79 Å². The lowest BCUT2D eigenvalue weighted by Gasteiger charge is -2.32. The number of nitrogens with zero attached hydrogens (tertiary/aromatic N) is 4. The summed E-state index contributed by atoms with van der Waals surface area (Å²) >= 11 is 0. The summed E-state index contributed by atoms with van der Waals surface area (Å²) in [4.78, 5) is 21.6. The first-order valence-electron chi connectivity index (χ1n) is 12.3. The number of fused-ring (bicyclic) bond motifs is 1. The number of carbonyl (C=O) groups is 1. The molecule has 186 valence electrons. The van der Waals surface area contributed by atoms with E-state index in [2.05, 4.69) is 27.1 Å². The number of hydrogen-bond acceptors (Lipinski definition) is 6. The normalized spacial score (nSPS) is 14.6. The molecule has 1 aliphatic rings. The van der Waals surface area contributed by atoms with Gasteiger partial charge in [-0.1, -0.05) is 18.2 Å². The molecule has 0 aliphatic carbocycles. The first-order chi connectivity index (χ1) is 17.6. The first-order valence-corrected chi connectivity index (χ1v) is 12.3. The van der Waals surface area contributed by atoms with Crippen LogP contribution < -0.4 is 14.8 Å². The molecule has 4 aromatic rings. The summed E-state index contributed by atoms with van der Waals surface area (Å²) in [5.41, 5.74) is 3.46. The zero-order valence-corrected chi connectivity index (χ0v) is 20.5. The van der Waals surface area contributed by atoms with E-state index in [-0.39, 0.29) is 0 Å².